The maximum Gasteiger partial charge on any atom is 0.0972 e. The molecule has 0 N–H and O–H groups in total. The highest BCUT2D eigenvalue weighted by atomic mass is 14.8. The molecule has 0 spiro atoms. The van der Waals surface area contributed by atoms with Crippen molar-refractivity contribution < 1.29 is 0 Å². The molecule has 0 atom stereocenters. The Morgan fingerprint density at radius 2 is 0.733 bits per heavy atom. The van der Waals surface area contributed by atoms with Gasteiger partial charge >= 0.3 is 0 Å². The van der Waals surface area contributed by atoms with E-state index in [1.165, 1.54) is 0 Å². The number of benzene rings is 6. The van der Waals surface area contributed by atoms with Crippen LogP contribution in [0.25, 0.3) is 122 Å². The van der Waals surface area contributed by atoms with E-state index in [0.29, 0.717) is 0 Å². The summed E-state index contributed by atoms with van der Waals surface area (Å²) in [6.07, 6.45) is 3.67. The van der Waals surface area contributed by atoms with Gasteiger partial charge in [0.05, 0.1) is 55.9 Å². The van der Waals surface area contributed by atoms with Crippen molar-refractivity contribution in [2.45, 2.75) is 0 Å². The smallest absolute Gasteiger partial charge is 0.0972 e. The Balaban J connectivity index is 0.856. The number of hydrogen-bond donors (Lipinski definition) is 0. The first-order valence-electron chi connectivity index (χ1n) is 20.0. The standard InChI is InChI=1S/C54H32N6/c1-2-5-33(6-3-1)46-25-21-39-14-15-40-22-26-47(60-53(40)52(39)59-46)35-10-8-34(9-11-35)45-24-19-36-12-16-41(31-49(36)57-45)42-17-13-37-20-27-48(58-50(37)32-42)43-28-30-56-54-44(43)23-18-38-7-4-29-55-51(38)54/h1-32H. The van der Waals surface area contributed by atoms with Gasteiger partial charge < -0.3 is 0 Å². The van der Waals surface area contributed by atoms with Gasteiger partial charge in [-0.2, -0.15) is 0 Å². The lowest BCUT2D eigenvalue weighted by Crippen LogP contribution is -1.91. The van der Waals surface area contributed by atoms with Gasteiger partial charge in [-0.25, -0.2) is 19.9 Å². The highest BCUT2D eigenvalue weighted by molar-refractivity contribution is 6.08. The van der Waals surface area contributed by atoms with E-state index >= 15 is 0 Å². The van der Waals surface area contributed by atoms with Crippen LogP contribution < -0.4 is 0 Å². The third kappa shape index (κ3) is 5.81. The molecule has 0 fully saturated rings. The monoisotopic (exact) mass is 764 g/mol. The van der Waals surface area contributed by atoms with Crippen LogP contribution in [0.1, 0.15) is 0 Å². The van der Waals surface area contributed by atoms with Crippen molar-refractivity contribution in [3.05, 3.63) is 194 Å². The van der Waals surface area contributed by atoms with E-state index in [0.717, 1.165) is 122 Å². The average molecular weight is 765 g/mol. The van der Waals surface area contributed by atoms with Crippen LogP contribution >= 0.6 is 0 Å². The third-order valence-electron chi connectivity index (χ3n) is 11.5. The van der Waals surface area contributed by atoms with E-state index in [4.69, 9.17) is 24.9 Å². The SMILES string of the molecule is c1ccc(-c2ccc3ccc4ccc(-c5ccc(-c6ccc7ccc(-c8ccc9ccc(-c%10ccnc%11c%10ccc%10cccnc%10%11)nc9c8)cc7n6)cc5)nc4c3n2)cc1. The van der Waals surface area contributed by atoms with Crippen molar-refractivity contribution in [3.8, 4) is 56.2 Å². The molecule has 0 saturated heterocycles. The number of nitrogens with zero attached hydrogens (tertiary/aromatic N) is 6. The Morgan fingerprint density at radius 1 is 0.267 bits per heavy atom. The van der Waals surface area contributed by atoms with Crippen molar-refractivity contribution in [2.75, 3.05) is 0 Å². The molecule has 60 heavy (non-hydrogen) atoms. The van der Waals surface area contributed by atoms with Gasteiger partial charge in [0.1, 0.15) is 0 Å². The van der Waals surface area contributed by atoms with Gasteiger partial charge in [0.2, 0.25) is 0 Å². The fourth-order valence-corrected chi connectivity index (χ4v) is 8.39. The molecule has 12 rings (SSSR count). The molecule has 0 bridgehead atoms. The summed E-state index contributed by atoms with van der Waals surface area (Å²) in [5.41, 5.74) is 15.5. The van der Waals surface area contributed by atoms with Gasteiger partial charge in [0.15, 0.2) is 0 Å². The van der Waals surface area contributed by atoms with E-state index in [2.05, 4.69) is 157 Å². The first kappa shape index (κ1) is 33.9. The molecule has 6 heterocycles. The Kier molecular flexibility index (Phi) is 7.74. The van der Waals surface area contributed by atoms with Crippen LogP contribution in [0.15, 0.2) is 194 Å². The van der Waals surface area contributed by atoms with Gasteiger partial charge in [-0.05, 0) is 59.7 Å². The fourth-order valence-electron chi connectivity index (χ4n) is 8.39. The molecule has 278 valence electrons. The topological polar surface area (TPSA) is 77.3 Å². The lowest BCUT2D eigenvalue weighted by molar-refractivity contribution is 1.36. The summed E-state index contributed by atoms with van der Waals surface area (Å²) in [7, 11) is 0. The number of hydrogen-bond acceptors (Lipinski definition) is 6. The molecule has 0 radical (unpaired) electrons. The number of aromatic nitrogens is 6. The summed E-state index contributed by atoms with van der Waals surface area (Å²) in [4.78, 5) is 29.9. The Labute approximate surface area is 344 Å². The molecule has 6 heteroatoms. The summed E-state index contributed by atoms with van der Waals surface area (Å²) in [5, 5.41) is 6.41. The maximum absolute atomic E-state index is 5.18. The van der Waals surface area contributed by atoms with Crippen LogP contribution in [-0.4, -0.2) is 29.9 Å². The van der Waals surface area contributed by atoms with Gasteiger partial charge in [-0.1, -0.05) is 133 Å². The van der Waals surface area contributed by atoms with Crippen LogP contribution in [0.2, 0.25) is 0 Å². The van der Waals surface area contributed by atoms with Gasteiger partial charge in [-0.3, -0.25) is 9.97 Å². The Bertz CT molecular complexity index is 3660. The predicted molar refractivity (Wildman–Crippen MR) is 245 cm³/mol. The zero-order valence-electron chi connectivity index (χ0n) is 32.2. The van der Waals surface area contributed by atoms with E-state index in [1.807, 2.05) is 42.7 Å². The van der Waals surface area contributed by atoms with Crippen LogP contribution in [0.3, 0.4) is 0 Å². The second kappa shape index (κ2) is 13.7. The van der Waals surface area contributed by atoms with Crippen molar-refractivity contribution in [3.63, 3.8) is 0 Å². The van der Waals surface area contributed by atoms with E-state index in [9.17, 15) is 0 Å². The van der Waals surface area contributed by atoms with Gasteiger partial charge in [0, 0.05) is 67.0 Å². The molecular weight excluding hydrogens is 733 g/mol. The lowest BCUT2D eigenvalue weighted by atomic mass is 10.00. The maximum atomic E-state index is 5.18. The number of fused-ring (bicyclic) bond motifs is 8. The van der Waals surface area contributed by atoms with Crippen LogP contribution in [0, 0.1) is 0 Å². The minimum Gasteiger partial charge on any atom is -0.254 e. The van der Waals surface area contributed by atoms with Crippen molar-refractivity contribution >= 4 is 65.4 Å². The minimum atomic E-state index is 0.881. The van der Waals surface area contributed by atoms with Crippen LogP contribution in [0.4, 0.5) is 0 Å². The second-order valence-corrected chi connectivity index (χ2v) is 15.1. The molecule has 0 saturated carbocycles. The highest BCUT2D eigenvalue weighted by Gasteiger charge is 2.13. The van der Waals surface area contributed by atoms with Crippen molar-refractivity contribution in [2.24, 2.45) is 0 Å². The summed E-state index contributed by atoms with van der Waals surface area (Å²) in [5.74, 6) is 0. The van der Waals surface area contributed by atoms with Crippen LogP contribution in [0.5, 0.6) is 0 Å². The molecule has 6 aromatic heterocycles. The normalized spacial score (nSPS) is 11.7. The van der Waals surface area contributed by atoms with E-state index in [-0.39, 0.29) is 0 Å². The number of pyridine rings is 6. The summed E-state index contributed by atoms with van der Waals surface area (Å²) in [6.45, 7) is 0. The van der Waals surface area contributed by atoms with E-state index < -0.39 is 0 Å². The van der Waals surface area contributed by atoms with Crippen molar-refractivity contribution in [1.29, 1.82) is 0 Å². The predicted octanol–water partition coefficient (Wildman–Crippen LogP) is 13.3. The Morgan fingerprint density at radius 3 is 1.38 bits per heavy atom. The molecule has 0 aliphatic rings. The highest BCUT2D eigenvalue weighted by Crippen LogP contribution is 2.34. The summed E-state index contributed by atoms with van der Waals surface area (Å²) < 4.78 is 0. The third-order valence-corrected chi connectivity index (χ3v) is 11.5. The summed E-state index contributed by atoms with van der Waals surface area (Å²) >= 11 is 0. The average Bonchev–Trinajstić information content (AvgIpc) is 3.33. The lowest BCUT2D eigenvalue weighted by Gasteiger charge is -2.10. The largest absolute Gasteiger partial charge is 0.254 e. The fraction of sp³-hybridized carbons (Fsp3) is 0. The molecule has 0 aliphatic carbocycles. The summed E-state index contributed by atoms with van der Waals surface area (Å²) in [6, 6.07) is 63.2. The molecule has 0 unspecified atom stereocenters. The molecule has 0 aliphatic heterocycles. The molecule has 0 amide bonds. The minimum absolute atomic E-state index is 0.881. The van der Waals surface area contributed by atoms with Crippen molar-refractivity contribution in [1.82, 2.24) is 29.9 Å². The second-order valence-electron chi connectivity index (χ2n) is 15.1. The zero-order valence-corrected chi connectivity index (χ0v) is 32.2. The molecule has 6 nitrogen and oxygen atoms in total. The molecular formula is C54H32N6. The number of rotatable bonds is 5. The van der Waals surface area contributed by atoms with Gasteiger partial charge in [-0.15, -0.1) is 0 Å². The quantitative estimate of drug-likeness (QED) is 0.162. The first-order chi connectivity index (χ1) is 29.7. The Hall–Kier alpha value is -8.22. The zero-order chi connectivity index (χ0) is 39.6. The first-order valence-corrected chi connectivity index (χ1v) is 20.0. The van der Waals surface area contributed by atoms with E-state index in [1.54, 1.807) is 0 Å². The van der Waals surface area contributed by atoms with Crippen LogP contribution in [-0.2, 0) is 0 Å². The molecule has 6 aromatic carbocycles. The van der Waals surface area contributed by atoms with Gasteiger partial charge in [0.25, 0.3) is 0 Å². The molecule has 12 aromatic rings.